The molecular weight excluding hydrogens is 520 g/mol. The third kappa shape index (κ3) is 20.5. The van der Waals surface area contributed by atoms with Crippen molar-refractivity contribution < 1.29 is 19.3 Å². The summed E-state index contributed by atoms with van der Waals surface area (Å²) in [7, 11) is 0.606. The van der Waals surface area contributed by atoms with E-state index in [0.717, 1.165) is 14.2 Å². The third-order valence-electron chi connectivity index (χ3n) is 4.81. The summed E-state index contributed by atoms with van der Waals surface area (Å²) in [4.78, 5) is 0. The summed E-state index contributed by atoms with van der Waals surface area (Å²) in [6.45, 7) is 29.5. The van der Waals surface area contributed by atoms with Gasteiger partial charge in [0.1, 0.15) is 8.30 Å². The summed E-state index contributed by atoms with van der Waals surface area (Å²) in [5.74, 6) is 0. The standard InChI is InChI=1S/C15H32N3OP.C10H21N2OP.2CH4O/c1-12(2)17(13(3)4)20(19-11-9-10-16)18(14(5)6)15(7)8;1-9(2)12(10(3)4)14(5)13-8-6-7-11;2*1-2/h12-15H,9,11H2,1-8H3;9-10H,6,8H2,1-5H3;2*2H,1H3. The van der Waals surface area contributed by atoms with Crippen LogP contribution >= 0.6 is 16.7 Å². The topological polar surface area (TPSA) is 116 Å². The molecule has 0 aliphatic rings. The van der Waals surface area contributed by atoms with Crippen molar-refractivity contribution in [1.82, 2.24) is 14.0 Å². The van der Waals surface area contributed by atoms with Gasteiger partial charge >= 0.3 is 0 Å². The number of aliphatic hydroxyl groups is 2. The summed E-state index contributed by atoms with van der Waals surface area (Å²) >= 11 is 0. The zero-order valence-electron chi connectivity index (χ0n) is 27.1. The molecule has 0 spiro atoms. The van der Waals surface area contributed by atoms with Crippen molar-refractivity contribution in [3.63, 3.8) is 0 Å². The van der Waals surface area contributed by atoms with Crippen molar-refractivity contribution >= 4 is 16.7 Å². The Hall–Kier alpha value is -0.440. The SMILES string of the molecule is CC(C)N(C(C)C)P(C)OCCC#N.CC(C)N(C(C)C)P(OCCC#N)N(C(C)C)C(C)C.CO.CO. The summed E-state index contributed by atoms with van der Waals surface area (Å²) in [5, 5.41) is 31.1. The molecule has 0 aromatic rings. The number of hydrogen-bond donors (Lipinski definition) is 2. The van der Waals surface area contributed by atoms with Crippen LogP contribution in [0.3, 0.4) is 0 Å². The highest BCUT2D eigenvalue weighted by Crippen LogP contribution is 2.50. The van der Waals surface area contributed by atoms with Crippen LogP contribution in [0, 0.1) is 22.7 Å². The number of hydrogen-bond acceptors (Lipinski definition) is 9. The first-order chi connectivity index (χ1) is 17.7. The lowest BCUT2D eigenvalue weighted by Crippen LogP contribution is -2.43. The molecule has 2 N–H and O–H groups in total. The summed E-state index contributed by atoms with van der Waals surface area (Å²) < 4.78 is 19.0. The first-order valence-electron chi connectivity index (χ1n) is 13.5. The fourth-order valence-corrected chi connectivity index (χ4v) is 8.08. The maximum absolute atomic E-state index is 8.74. The fourth-order valence-electron chi connectivity index (χ4n) is 3.95. The lowest BCUT2D eigenvalue weighted by atomic mass is 10.3. The first kappa shape index (κ1) is 44.6. The van der Waals surface area contributed by atoms with E-state index in [9.17, 15) is 0 Å². The second-order valence-electron chi connectivity index (χ2n) is 9.90. The molecule has 11 heteroatoms. The van der Waals surface area contributed by atoms with Gasteiger partial charge in [0.05, 0.1) is 38.2 Å². The molecule has 228 valence electrons. The molecule has 0 saturated heterocycles. The monoisotopic (exact) mass is 581 g/mol. The molecule has 0 aromatic carbocycles. The average Bonchev–Trinajstić information content (AvgIpc) is 2.81. The van der Waals surface area contributed by atoms with Crippen LogP contribution in [0.2, 0.25) is 0 Å². The molecule has 0 amide bonds. The van der Waals surface area contributed by atoms with Gasteiger partial charge < -0.3 is 19.3 Å². The molecule has 0 aliphatic heterocycles. The van der Waals surface area contributed by atoms with E-state index in [-0.39, 0.29) is 0 Å². The fraction of sp³-hybridized carbons (Fsp3) is 0.926. The Labute approximate surface area is 238 Å². The molecule has 0 aromatic heterocycles. The normalized spacial score (nSPS) is 12.0. The Bertz CT molecular complexity index is 553. The van der Waals surface area contributed by atoms with Gasteiger partial charge in [-0.25, -0.2) is 9.34 Å². The molecule has 1 unspecified atom stereocenters. The van der Waals surface area contributed by atoms with Gasteiger partial charge in [0.25, 0.3) is 0 Å². The molecule has 38 heavy (non-hydrogen) atoms. The van der Waals surface area contributed by atoms with Gasteiger partial charge in [-0.3, -0.25) is 4.67 Å². The van der Waals surface area contributed by atoms with Crippen LogP contribution < -0.4 is 0 Å². The average molecular weight is 582 g/mol. The lowest BCUT2D eigenvalue weighted by Gasteiger charge is -2.45. The molecule has 9 nitrogen and oxygen atoms in total. The lowest BCUT2D eigenvalue weighted by molar-refractivity contribution is 0.189. The van der Waals surface area contributed by atoms with E-state index in [4.69, 9.17) is 29.8 Å². The van der Waals surface area contributed by atoms with Crippen molar-refractivity contribution in [2.75, 3.05) is 34.1 Å². The zero-order chi connectivity index (χ0) is 31.0. The molecule has 1 atom stereocenters. The number of aliphatic hydroxyl groups excluding tert-OH is 2. The van der Waals surface area contributed by atoms with E-state index in [2.05, 4.69) is 116 Å². The van der Waals surface area contributed by atoms with Gasteiger partial charge in [-0.05, 0) is 89.7 Å². The van der Waals surface area contributed by atoms with Gasteiger partial charge in [-0.15, -0.1) is 0 Å². The van der Waals surface area contributed by atoms with Gasteiger partial charge in [0.15, 0.2) is 8.45 Å². The number of rotatable bonds is 15. The Morgan fingerprint density at radius 3 is 1.05 bits per heavy atom. The van der Waals surface area contributed by atoms with Crippen molar-refractivity contribution in [2.24, 2.45) is 0 Å². The van der Waals surface area contributed by atoms with Gasteiger partial charge in [-0.2, -0.15) is 10.5 Å². The number of nitrogens with zero attached hydrogens (tertiary/aromatic N) is 5. The quantitative estimate of drug-likeness (QED) is 0.163. The van der Waals surface area contributed by atoms with E-state index >= 15 is 0 Å². The Balaban J connectivity index is -0.000000281. The van der Waals surface area contributed by atoms with Gasteiger partial charge in [-0.1, -0.05) is 0 Å². The molecule has 0 heterocycles. The summed E-state index contributed by atoms with van der Waals surface area (Å²) in [6.07, 6.45) is 0.934. The van der Waals surface area contributed by atoms with Crippen molar-refractivity contribution in [3.8, 4) is 12.1 Å². The Morgan fingerprint density at radius 1 is 0.553 bits per heavy atom. The second-order valence-corrected chi connectivity index (χ2v) is 13.2. The minimum atomic E-state index is -0.841. The number of nitriles is 2. The first-order valence-corrected chi connectivity index (χ1v) is 16.3. The summed E-state index contributed by atoms with van der Waals surface area (Å²) in [5.41, 5.74) is 0. The zero-order valence-corrected chi connectivity index (χ0v) is 28.9. The van der Waals surface area contributed by atoms with E-state index < -0.39 is 16.7 Å². The van der Waals surface area contributed by atoms with Crippen LogP contribution in [-0.2, 0) is 9.05 Å². The molecule has 0 bridgehead atoms. The van der Waals surface area contributed by atoms with E-state index in [0.29, 0.717) is 62.3 Å². The van der Waals surface area contributed by atoms with Crippen molar-refractivity contribution in [3.05, 3.63) is 0 Å². The van der Waals surface area contributed by atoms with E-state index in [1.54, 1.807) is 0 Å². The van der Waals surface area contributed by atoms with E-state index in [1.165, 1.54) is 0 Å². The Morgan fingerprint density at radius 2 is 0.816 bits per heavy atom. The highest BCUT2D eigenvalue weighted by Gasteiger charge is 2.34. The second kappa shape index (κ2) is 28.1. The van der Waals surface area contributed by atoms with E-state index in [1.807, 2.05) is 0 Å². The smallest absolute Gasteiger partial charge is 0.188 e. The largest absolute Gasteiger partial charge is 0.400 e. The molecule has 0 fully saturated rings. The highest BCUT2D eigenvalue weighted by atomic mass is 31.2. The van der Waals surface area contributed by atoms with Crippen molar-refractivity contribution in [2.45, 2.75) is 132 Å². The van der Waals surface area contributed by atoms with Crippen molar-refractivity contribution in [1.29, 1.82) is 10.5 Å². The van der Waals surface area contributed by atoms with Crippen LogP contribution in [-0.4, -0.2) is 94.6 Å². The van der Waals surface area contributed by atoms with Crippen LogP contribution in [0.5, 0.6) is 0 Å². The molecule has 0 saturated carbocycles. The molecule has 0 aliphatic carbocycles. The van der Waals surface area contributed by atoms with Gasteiger partial charge in [0.2, 0.25) is 0 Å². The minimum Gasteiger partial charge on any atom is -0.400 e. The third-order valence-corrected chi connectivity index (χ3v) is 9.99. The summed E-state index contributed by atoms with van der Waals surface area (Å²) in [6, 6.07) is 6.92. The molecule has 0 rings (SSSR count). The predicted molar refractivity (Wildman–Crippen MR) is 165 cm³/mol. The maximum atomic E-state index is 8.74. The van der Waals surface area contributed by atoms with Crippen LogP contribution in [0.1, 0.15) is 95.9 Å². The molecular formula is C27H61N5O4P2. The predicted octanol–water partition coefficient (Wildman–Crippen LogP) is 6.58. The highest BCUT2D eigenvalue weighted by molar-refractivity contribution is 7.49. The van der Waals surface area contributed by atoms with Crippen LogP contribution in [0.4, 0.5) is 0 Å². The van der Waals surface area contributed by atoms with Crippen LogP contribution in [0.25, 0.3) is 0 Å². The van der Waals surface area contributed by atoms with Gasteiger partial charge in [0, 0.05) is 50.5 Å². The maximum Gasteiger partial charge on any atom is 0.188 e. The minimum absolute atomic E-state index is 0.420. The Kier molecular flexibility index (Phi) is 33.0. The molecule has 0 radical (unpaired) electrons. The van der Waals surface area contributed by atoms with Crippen LogP contribution in [0.15, 0.2) is 0 Å².